The van der Waals surface area contributed by atoms with Crippen LogP contribution in [0.15, 0.2) is 60.8 Å². The number of aliphatic hydroxyl groups is 6. The Labute approximate surface area is 387 Å². The van der Waals surface area contributed by atoms with Crippen LogP contribution >= 0.6 is 7.82 Å². The number of carbonyl (C=O) groups excluding carboxylic acids is 3. The van der Waals surface area contributed by atoms with Crippen LogP contribution in [-0.2, 0) is 37.5 Å². The average molecular weight is 941 g/mol. The van der Waals surface area contributed by atoms with E-state index in [1.807, 2.05) is 6.92 Å². The van der Waals surface area contributed by atoms with E-state index in [0.717, 1.165) is 76.7 Å². The summed E-state index contributed by atoms with van der Waals surface area (Å²) < 4.78 is 34.6. The molecule has 7 N–H and O–H groups in total. The van der Waals surface area contributed by atoms with E-state index in [0.29, 0.717) is 32.1 Å². The Morgan fingerprint density at radius 1 is 0.815 bits per heavy atom. The number of hydrogen-bond donors (Lipinski definition) is 7. The van der Waals surface area contributed by atoms with Crippen LogP contribution in [0.1, 0.15) is 155 Å². The van der Waals surface area contributed by atoms with Crippen LogP contribution in [0.5, 0.6) is 0 Å². The monoisotopic (exact) mass is 941 g/mol. The van der Waals surface area contributed by atoms with E-state index in [4.69, 9.17) is 18.5 Å². The van der Waals surface area contributed by atoms with Gasteiger partial charge in [-0.3, -0.25) is 23.4 Å². The minimum atomic E-state index is -5.42. The van der Waals surface area contributed by atoms with Crippen LogP contribution in [-0.4, -0.2) is 115 Å². The van der Waals surface area contributed by atoms with Crippen LogP contribution in [0.4, 0.5) is 0 Å². The first-order valence-corrected chi connectivity index (χ1v) is 25.6. The number of cyclic esters (lactones) is 1. The van der Waals surface area contributed by atoms with Gasteiger partial charge in [-0.2, -0.15) is 0 Å². The standard InChI is InChI=1S/C49H81O15P/c1-3-5-7-8-9-10-11-12-13-14-15-16-17-18-19-20-25-29-42(52)61-35-39-36-62-65(59,60)64-49-47(57)45(55)40(33-32-38(50)28-23-6-4-2)41(51)34-31-37(44(54)46(56)48(49)58)27-24-21-22-26-30-43(53)63-39/h9-10,12-13,21,24,31-34,37-40,44-50,54-58H,3-8,11,14-20,22-23,25-30,35-36H2,1-2H3,(H,59,60)/b10-9-,13-12-,24-21-,33-32+,34-31-/t37-,38-,39+,40-,44+,45+,46-,47+,48+,49+/m0/s1. The van der Waals surface area contributed by atoms with Crippen LogP contribution in [0.25, 0.3) is 0 Å². The number of phosphoric ester groups is 1. The molecule has 16 heteroatoms. The molecule has 0 spiro atoms. The molecule has 0 aromatic heterocycles. The number of fused-ring (bicyclic) bond motifs is 4. The first-order chi connectivity index (χ1) is 31.2. The zero-order chi connectivity index (χ0) is 47.9. The number of unbranched alkanes of at least 4 members (excludes halogenated alkanes) is 12. The molecule has 11 atom stereocenters. The fourth-order valence-electron chi connectivity index (χ4n) is 7.52. The van der Waals surface area contributed by atoms with Gasteiger partial charge in [-0.25, -0.2) is 4.57 Å². The average Bonchev–Trinajstić information content (AvgIpc) is 3.28. The quantitative estimate of drug-likeness (QED) is 0.0217. The zero-order valence-electron chi connectivity index (χ0n) is 38.9. The molecule has 0 amide bonds. The molecule has 0 saturated heterocycles. The van der Waals surface area contributed by atoms with Crippen LogP contribution in [0, 0.1) is 11.8 Å². The van der Waals surface area contributed by atoms with Gasteiger partial charge in [0.15, 0.2) is 11.9 Å². The van der Waals surface area contributed by atoms with Gasteiger partial charge in [0.2, 0.25) is 0 Å². The number of rotatable bonds is 24. The molecule has 372 valence electrons. The Morgan fingerprint density at radius 2 is 1.45 bits per heavy atom. The van der Waals surface area contributed by atoms with E-state index in [1.54, 1.807) is 12.2 Å². The Balaban J connectivity index is 2.08. The third-order valence-corrected chi connectivity index (χ3v) is 12.6. The third-order valence-electron chi connectivity index (χ3n) is 11.6. The first kappa shape index (κ1) is 58.3. The van der Waals surface area contributed by atoms with Gasteiger partial charge in [0.25, 0.3) is 0 Å². The number of hydrogen-bond acceptors (Lipinski definition) is 14. The highest BCUT2D eigenvalue weighted by Gasteiger charge is 2.47. The molecule has 65 heavy (non-hydrogen) atoms. The number of ether oxygens (including phenoxy) is 2. The van der Waals surface area contributed by atoms with Crippen molar-refractivity contribution < 1.29 is 73.0 Å². The Hall–Kier alpha value is -2.82. The molecule has 0 aromatic rings. The lowest BCUT2D eigenvalue weighted by molar-refractivity contribution is -0.164. The summed E-state index contributed by atoms with van der Waals surface area (Å²) in [5.74, 6) is -4.64. The van der Waals surface area contributed by atoms with Crippen molar-refractivity contribution in [1.29, 1.82) is 0 Å². The molecule has 0 saturated carbocycles. The summed E-state index contributed by atoms with van der Waals surface area (Å²) in [7, 11) is -5.42. The van der Waals surface area contributed by atoms with Gasteiger partial charge in [0.1, 0.15) is 31.0 Å². The molecule has 1 aliphatic carbocycles. The maximum absolute atomic E-state index is 13.5. The normalized spacial score (nSPS) is 30.6. The molecule has 1 aliphatic heterocycles. The van der Waals surface area contributed by atoms with E-state index in [2.05, 4.69) is 31.2 Å². The molecule has 2 bridgehead atoms. The maximum atomic E-state index is 13.5. The van der Waals surface area contributed by atoms with Gasteiger partial charge in [0.05, 0.1) is 30.8 Å². The summed E-state index contributed by atoms with van der Waals surface area (Å²) in [5.41, 5.74) is 0. The lowest BCUT2D eigenvalue weighted by Gasteiger charge is -2.36. The zero-order valence-corrected chi connectivity index (χ0v) is 39.8. The molecule has 0 radical (unpaired) electrons. The highest BCUT2D eigenvalue weighted by atomic mass is 31.2. The van der Waals surface area contributed by atoms with E-state index in [1.165, 1.54) is 37.5 Å². The van der Waals surface area contributed by atoms with E-state index < -0.39 is 99.4 Å². The molecule has 1 heterocycles. The number of allylic oxidation sites excluding steroid dienone is 7. The van der Waals surface area contributed by atoms with Gasteiger partial charge in [-0.1, -0.05) is 133 Å². The number of aliphatic hydroxyl groups excluding tert-OH is 6. The van der Waals surface area contributed by atoms with Crippen molar-refractivity contribution in [3.05, 3.63) is 60.8 Å². The molecule has 2 aliphatic rings. The van der Waals surface area contributed by atoms with Gasteiger partial charge in [-0.05, 0) is 70.3 Å². The van der Waals surface area contributed by atoms with Crippen molar-refractivity contribution in [1.82, 2.24) is 0 Å². The van der Waals surface area contributed by atoms with Crippen LogP contribution in [0.2, 0.25) is 0 Å². The smallest absolute Gasteiger partial charge is 0.462 e. The first-order valence-electron chi connectivity index (χ1n) is 24.1. The van der Waals surface area contributed by atoms with Crippen molar-refractivity contribution >= 4 is 25.5 Å². The Kier molecular flexibility index (Phi) is 30.9. The highest BCUT2D eigenvalue weighted by molar-refractivity contribution is 7.47. The summed E-state index contributed by atoms with van der Waals surface area (Å²) in [6.07, 6.45) is 18.9. The van der Waals surface area contributed by atoms with E-state index >= 15 is 0 Å². The summed E-state index contributed by atoms with van der Waals surface area (Å²) in [4.78, 5) is 49.9. The molecule has 15 nitrogen and oxygen atoms in total. The minimum Gasteiger partial charge on any atom is -0.462 e. The van der Waals surface area contributed by atoms with Crippen molar-refractivity contribution in [3.63, 3.8) is 0 Å². The molecule has 2 rings (SSSR count). The molecular weight excluding hydrogens is 859 g/mol. The van der Waals surface area contributed by atoms with Crippen molar-refractivity contribution in [2.24, 2.45) is 11.8 Å². The second-order valence-corrected chi connectivity index (χ2v) is 18.7. The van der Waals surface area contributed by atoms with Gasteiger partial charge < -0.3 is 45.0 Å². The third kappa shape index (κ3) is 25.2. The van der Waals surface area contributed by atoms with E-state index in [-0.39, 0.29) is 19.3 Å². The molecular formula is C49H81O15P. The topological polar surface area (TPSA) is 247 Å². The number of phosphoric acid groups is 1. The highest BCUT2D eigenvalue weighted by Crippen LogP contribution is 2.47. The lowest BCUT2D eigenvalue weighted by Crippen LogP contribution is -2.55. The predicted molar refractivity (Wildman–Crippen MR) is 248 cm³/mol. The number of carbonyl (C=O) groups is 3. The van der Waals surface area contributed by atoms with Gasteiger partial charge in [0, 0.05) is 18.8 Å². The SMILES string of the molecule is CCCCC/C=C\C/C=C\CCCCCCCCCC(=O)OC[C@@H]1COP(=O)(O)O[C@H]2[C@H](O)[C@@H](O)[C@H](O)[C@H](/C=C\C(=O)[C@H](/C=C/[C@@H](O)CCCCC)[C@@H](O)[C@H]2O)C/C=C\CCCC(=O)O1. The van der Waals surface area contributed by atoms with Gasteiger partial charge in [-0.15, -0.1) is 0 Å². The lowest BCUT2D eigenvalue weighted by atomic mass is 9.87. The number of esters is 2. The minimum absolute atomic E-state index is 0.0252. The fourth-order valence-corrected chi connectivity index (χ4v) is 8.49. The van der Waals surface area contributed by atoms with Crippen LogP contribution < -0.4 is 0 Å². The Bertz CT molecular complexity index is 1530. The van der Waals surface area contributed by atoms with Crippen molar-refractivity contribution in [2.75, 3.05) is 13.2 Å². The molecule has 1 unspecified atom stereocenters. The van der Waals surface area contributed by atoms with Gasteiger partial charge >= 0.3 is 19.8 Å². The second-order valence-electron chi connectivity index (χ2n) is 17.3. The predicted octanol–water partition coefficient (Wildman–Crippen LogP) is 7.34. The second kappa shape index (κ2) is 34.5. The Morgan fingerprint density at radius 3 is 2.14 bits per heavy atom. The largest absolute Gasteiger partial charge is 0.472 e. The summed E-state index contributed by atoms with van der Waals surface area (Å²) in [6, 6.07) is 0. The van der Waals surface area contributed by atoms with Crippen molar-refractivity contribution in [3.8, 4) is 0 Å². The summed E-state index contributed by atoms with van der Waals surface area (Å²) in [6.45, 7) is 2.83. The summed E-state index contributed by atoms with van der Waals surface area (Å²) >= 11 is 0. The molecule has 0 fully saturated rings. The maximum Gasteiger partial charge on any atom is 0.472 e. The van der Waals surface area contributed by atoms with Crippen LogP contribution in [0.3, 0.4) is 0 Å². The molecule has 0 aromatic carbocycles. The van der Waals surface area contributed by atoms with Crippen molar-refractivity contribution in [2.45, 2.75) is 204 Å². The summed E-state index contributed by atoms with van der Waals surface area (Å²) in [5, 5.41) is 66.9. The van der Waals surface area contributed by atoms with E-state index in [9.17, 15) is 54.5 Å². The fraction of sp³-hybridized carbons (Fsp3) is 0.735. The number of ketones is 1.